The van der Waals surface area contributed by atoms with Gasteiger partial charge in [-0.2, -0.15) is 0 Å². The molecule has 1 radical (unpaired) electrons. The lowest BCUT2D eigenvalue weighted by molar-refractivity contribution is -0.125. The topological polar surface area (TPSA) is 102 Å². The summed E-state index contributed by atoms with van der Waals surface area (Å²) in [4.78, 5) is 37.0. The van der Waals surface area contributed by atoms with E-state index in [4.69, 9.17) is 10.5 Å². The predicted octanol–water partition coefficient (Wildman–Crippen LogP) is -0.257. The second-order valence-corrected chi connectivity index (χ2v) is 6.50. The number of primary amides is 1. The molecule has 4 atom stereocenters. The third-order valence-electron chi connectivity index (χ3n) is 4.29. The first-order chi connectivity index (χ1) is 10.7. The smallest absolute Gasteiger partial charge is 0.224 e. The summed E-state index contributed by atoms with van der Waals surface area (Å²) in [6.07, 6.45) is 2.29. The highest BCUT2D eigenvalue weighted by atomic mass is 16.5. The van der Waals surface area contributed by atoms with Crippen molar-refractivity contribution < 1.29 is 19.1 Å². The van der Waals surface area contributed by atoms with Crippen molar-refractivity contribution in [3.63, 3.8) is 0 Å². The molecule has 1 fully saturated rings. The van der Waals surface area contributed by atoms with E-state index in [-0.39, 0.29) is 42.1 Å². The zero-order valence-electron chi connectivity index (χ0n) is 14.4. The zero-order chi connectivity index (χ0) is 17.6. The maximum absolute atomic E-state index is 12.0. The number of Topliss-reactive ketones (excluding diaryl/α,β-unsaturated/α-hetero) is 1. The fourth-order valence-corrected chi connectivity index (χ4v) is 2.38. The highest BCUT2D eigenvalue weighted by Gasteiger charge is 2.36. The molecule has 2 amide bonds. The van der Waals surface area contributed by atoms with E-state index >= 15 is 0 Å². The average molecular weight is 326 g/mol. The van der Waals surface area contributed by atoms with Gasteiger partial charge in [-0.1, -0.05) is 13.8 Å². The predicted molar refractivity (Wildman–Crippen MR) is 86.3 cm³/mol. The van der Waals surface area contributed by atoms with Crippen molar-refractivity contribution in [3.8, 4) is 0 Å². The van der Waals surface area contributed by atoms with Gasteiger partial charge in [0.05, 0.1) is 6.10 Å². The number of amides is 2. The summed E-state index contributed by atoms with van der Waals surface area (Å²) in [5.74, 6) is -1.13. The molecule has 0 aromatic carbocycles. The Balaban J connectivity index is 2.44. The van der Waals surface area contributed by atoms with Gasteiger partial charge in [-0.25, -0.2) is 0 Å². The molecule has 1 heterocycles. The van der Waals surface area contributed by atoms with Gasteiger partial charge in [0.1, 0.15) is 12.6 Å². The molecule has 4 unspecified atom stereocenters. The van der Waals surface area contributed by atoms with Crippen LogP contribution in [-0.4, -0.2) is 61.9 Å². The lowest BCUT2D eigenvalue weighted by atomic mass is 9.91. The molecule has 7 heteroatoms. The molecule has 0 bridgehead atoms. The molecule has 23 heavy (non-hydrogen) atoms. The molecule has 131 valence electrons. The molecule has 0 aromatic rings. The number of hydrogen-bond acceptors (Lipinski definition) is 5. The molecule has 1 rings (SSSR count). The van der Waals surface area contributed by atoms with Crippen molar-refractivity contribution in [3.05, 3.63) is 6.42 Å². The van der Waals surface area contributed by atoms with Gasteiger partial charge in [0.15, 0.2) is 5.78 Å². The maximum atomic E-state index is 12.0. The number of carbonyl (C=O) groups excluding carboxylic acids is 3. The van der Waals surface area contributed by atoms with Crippen LogP contribution in [0.2, 0.25) is 0 Å². The summed E-state index contributed by atoms with van der Waals surface area (Å²) in [7, 11) is 3.89. The molecule has 1 aliphatic heterocycles. The van der Waals surface area contributed by atoms with E-state index in [0.29, 0.717) is 12.8 Å². The SMILES string of the molecule is CC(C[CH]C(=O)NC1C(=O)COC1CCN(C)C)C(C)C(N)=O. The van der Waals surface area contributed by atoms with E-state index in [1.165, 1.54) is 6.42 Å². The summed E-state index contributed by atoms with van der Waals surface area (Å²) in [6.45, 7) is 4.42. The Bertz CT molecular complexity index is 439. The summed E-state index contributed by atoms with van der Waals surface area (Å²) >= 11 is 0. The standard InChI is InChI=1S/C16H28N3O4/c1-10(11(2)16(17)22)5-6-14(21)18-15-12(20)9-23-13(15)7-8-19(3)4/h6,10-11,13,15H,5,7-9H2,1-4H3,(H2,17,22)(H,18,21). The first kappa shape index (κ1) is 19.6. The molecule has 7 nitrogen and oxygen atoms in total. The van der Waals surface area contributed by atoms with Crippen LogP contribution in [0.1, 0.15) is 26.7 Å². The number of nitrogens with two attached hydrogens (primary N) is 1. The van der Waals surface area contributed by atoms with Crippen LogP contribution >= 0.6 is 0 Å². The minimum absolute atomic E-state index is 0.0293. The van der Waals surface area contributed by atoms with E-state index < -0.39 is 6.04 Å². The van der Waals surface area contributed by atoms with Gasteiger partial charge >= 0.3 is 0 Å². The summed E-state index contributed by atoms with van der Waals surface area (Å²) in [5, 5.41) is 2.72. The van der Waals surface area contributed by atoms with Crippen LogP contribution in [-0.2, 0) is 19.1 Å². The Morgan fingerprint density at radius 3 is 2.65 bits per heavy atom. The Kier molecular flexibility index (Phi) is 7.64. The van der Waals surface area contributed by atoms with Crippen molar-refractivity contribution in [2.75, 3.05) is 27.2 Å². The van der Waals surface area contributed by atoms with E-state index in [9.17, 15) is 14.4 Å². The Morgan fingerprint density at radius 2 is 2.09 bits per heavy atom. The van der Waals surface area contributed by atoms with Gasteiger partial charge in [0.25, 0.3) is 0 Å². The number of nitrogens with one attached hydrogen (secondary N) is 1. The molecule has 0 aromatic heterocycles. The highest BCUT2D eigenvalue weighted by Crippen LogP contribution is 2.17. The van der Waals surface area contributed by atoms with Crippen LogP contribution in [0.4, 0.5) is 0 Å². The highest BCUT2D eigenvalue weighted by molar-refractivity contribution is 5.94. The van der Waals surface area contributed by atoms with Crippen LogP contribution in [0.25, 0.3) is 0 Å². The number of hydrogen-bond donors (Lipinski definition) is 2. The fraction of sp³-hybridized carbons (Fsp3) is 0.750. The van der Waals surface area contributed by atoms with Crippen LogP contribution < -0.4 is 11.1 Å². The first-order valence-electron chi connectivity index (χ1n) is 7.94. The number of carbonyl (C=O) groups is 3. The van der Waals surface area contributed by atoms with Crippen LogP contribution in [0.15, 0.2) is 0 Å². The Morgan fingerprint density at radius 1 is 1.43 bits per heavy atom. The van der Waals surface area contributed by atoms with Crippen molar-refractivity contribution in [2.45, 2.75) is 38.8 Å². The molecule has 1 aliphatic rings. The summed E-state index contributed by atoms with van der Waals surface area (Å²) < 4.78 is 5.46. The molecule has 3 N–H and O–H groups in total. The van der Waals surface area contributed by atoms with Gasteiger partial charge in [-0.05, 0) is 32.9 Å². The minimum atomic E-state index is -0.595. The number of ketones is 1. The van der Waals surface area contributed by atoms with Crippen molar-refractivity contribution in [1.82, 2.24) is 10.2 Å². The van der Waals surface area contributed by atoms with Crippen molar-refractivity contribution >= 4 is 17.6 Å². The van der Waals surface area contributed by atoms with Crippen molar-refractivity contribution in [2.24, 2.45) is 17.6 Å². The normalized spacial score (nSPS) is 23.8. The lowest BCUT2D eigenvalue weighted by Gasteiger charge is -2.21. The number of ether oxygens (including phenoxy) is 1. The molecular formula is C16H28N3O4. The third kappa shape index (κ3) is 6.27. The zero-order valence-corrected chi connectivity index (χ0v) is 14.4. The Labute approximate surface area is 137 Å². The lowest BCUT2D eigenvalue weighted by Crippen LogP contribution is -2.45. The largest absolute Gasteiger partial charge is 0.369 e. The summed E-state index contributed by atoms with van der Waals surface area (Å²) in [6, 6.07) is -0.595. The molecule has 0 spiro atoms. The maximum Gasteiger partial charge on any atom is 0.224 e. The molecule has 0 saturated carbocycles. The summed E-state index contributed by atoms with van der Waals surface area (Å²) in [5.41, 5.74) is 5.25. The van der Waals surface area contributed by atoms with Gasteiger partial charge in [0.2, 0.25) is 11.8 Å². The molecular weight excluding hydrogens is 298 g/mol. The van der Waals surface area contributed by atoms with Crippen LogP contribution in [0.3, 0.4) is 0 Å². The van der Waals surface area contributed by atoms with E-state index in [0.717, 1.165) is 6.54 Å². The number of rotatable bonds is 9. The minimum Gasteiger partial charge on any atom is -0.369 e. The molecule has 0 aliphatic carbocycles. The van der Waals surface area contributed by atoms with Crippen LogP contribution in [0, 0.1) is 18.3 Å². The van der Waals surface area contributed by atoms with E-state index in [2.05, 4.69) is 5.32 Å². The van der Waals surface area contributed by atoms with Crippen LogP contribution in [0.5, 0.6) is 0 Å². The van der Waals surface area contributed by atoms with Crippen molar-refractivity contribution in [1.29, 1.82) is 0 Å². The van der Waals surface area contributed by atoms with Gasteiger partial charge in [-0.15, -0.1) is 0 Å². The Hall–Kier alpha value is -1.47. The fourth-order valence-electron chi connectivity index (χ4n) is 2.38. The number of nitrogens with zero attached hydrogens (tertiary/aromatic N) is 1. The van der Waals surface area contributed by atoms with Gasteiger partial charge < -0.3 is 20.7 Å². The second-order valence-electron chi connectivity index (χ2n) is 6.50. The first-order valence-corrected chi connectivity index (χ1v) is 7.94. The molecule has 1 saturated heterocycles. The second kappa shape index (κ2) is 8.98. The average Bonchev–Trinajstić information content (AvgIpc) is 2.82. The van der Waals surface area contributed by atoms with Gasteiger partial charge in [-0.3, -0.25) is 14.4 Å². The monoisotopic (exact) mass is 326 g/mol. The third-order valence-corrected chi connectivity index (χ3v) is 4.29. The van der Waals surface area contributed by atoms with Gasteiger partial charge in [0, 0.05) is 18.9 Å². The quantitative estimate of drug-likeness (QED) is 0.608. The van der Waals surface area contributed by atoms with E-state index in [1.54, 1.807) is 6.92 Å². The van der Waals surface area contributed by atoms with E-state index in [1.807, 2.05) is 25.9 Å².